The van der Waals surface area contributed by atoms with Crippen LogP contribution >= 0.6 is 11.6 Å². The van der Waals surface area contributed by atoms with Gasteiger partial charge >= 0.3 is 11.9 Å². The van der Waals surface area contributed by atoms with Gasteiger partial charge < -0.3 is 9.47 Å². The van der Waals surface area contributed by atoms with Gasteiger partial charge in [0.2, 0.25) is 0 Å². The van der Waals surface area contributed by atoms with Crippen LogP contribution in [0, 0.1) is 12.3 Å². The molecule has 160 valence electrons. The minimum absolute atomic E-state index is 0.000443. The number of sulfone groups is 1. The molecule has 3 rings (SSSR count). The predicted molar refractivity (Wildman–Crippen MR) is 112 cm³/mol. The molecule has 1 aliphatic carbocycles. The summed E-state index contributed by atoms with van der Waals surface area (Å²) >= 11 is 6.11. The van der Waals surface area contributed by atoms with E-state index < -0.39 is 38.4 Å². The number of benzene rings is 2. The van der Waals surface area contributed by atoms with Crippen LogP contribution in [0.25, 0.3) is 0 Å². The molecule has 0 aromatic heterocycles. The second-order valence-corrected chi connectivity index (χ2v) is 9.63. The summed E-state index contributed by atoms with van der Waals surface area (Å²) in [7, 11) is -4.07. The number of carbonyl (C=O) groups is 2. The quantitative estimate of drug-likeness (QED) is 0.472. The topological polar surface area (TPSA) is 86.7 Å². The summed E-state index contributed by atoms with van der Waals surface area (Å²) in [5, 5.41) is -0.989. The maximum absolute atomic E-state index is 13.6. The Labute approximate surface area is 181 Å². The largest absolute Gasteiger partial charge is 0.465 e. The van der Waals surface area contributed by atoms with Gasteiger partial charge in [0.25, 0.3) is 0 Å². The highest BCUT2D eigenvalue weighted by Crippen LogP contribution is 2.65. The summed E-state index contributed by atoms with van der Waals surface area (Å²) in [5.41, 5.74) is -0.636. The standard InChI is InChI=1S/C22H23ClO6S/c1-4-28-20(24)22(21(25)29-5-2)18(15-7-6-8-16(23)13-15)19(22)30(26,27)17-11-9-14(3)10-12-17/h6-13,18-19H,4-5H2,1-3H3/t18-,19+/m1/s1. The van der Waals surface area contributed by atoms with Crippen molar-refractivity contribution in [2.45, 2.75) is 36.8 Å². The van der Waals surface area contributed by atoms with E-state index in [0.717, 1.165) is 5.56 Å². The van der Waals surface area contributed by atoms with Crippen molar-refractivity contribution in [1.29, 1.82) is 0 Å². The van der Waals surface area contributed by atoms with E-state index in [0.29, 0.717) is 10.6 Å². The van der Waals surface area contributed by atoms with Crippen molar-refractivity contribution in [2.24, 2.45) is 5.41 Å². The van der Waals surface area contributed by atoms with E-state index in [1.165, 1.54) is 12.1 Å². The third kappa shape index (κ3) is 3.61. The summed E-state index contributed by atoms with van der Waals surface area (Å²) in [6.45, 7) is 5.02. The molecule has 2 aromatic rings. The highest BCUT2D eigenvalue weighted by molar-refractivity contribution is 7.92. The van der Waals surface area contributed by atoms with Gasteiger partial charge in [-0.05, 0) is 50.6 Å². The van der Waals surface area contributed by atoms with Gasteiger partial charge in [-0.3, -0.25) is 9.59 Å². The average molecular weight is 451 g/mol. The van der Waals surface area contributed by atoms with Crippen LogP contribution in [0.2, 0.25) is 5.02 Å². The lowest BCUT2D eigenvalue weighted by Gasteiger charge is -2.15. The summed E-state index contributed by atoms with van der Waals surface area (Å²) in [6.07, 6.45) is 0. The van der Waals surface area contributed by atoms with E-state index in [1.807, 2.05) is 6.92 Å². The summed E-state index contributed by atoms with van der Waals surface area (Å²) in [5.74, 6) is -2.79. The van der Waals surface area contributed by atoms with Crippen molar-refractivity contribution in [3.63, 3.8) is 0 Å². The second kappa shape index (κ2) is 8.40. The van der Waals surface area contributed by atoms with Crippen molar-refractivity contribution in [3.05, 3.63) is 64.7 Å². The molecule has 1 fully saturated rings. The van der Waals surface area contributed by atoms with E-state index in [4.69, 9.17) is 21.1 Å². The lowest BCUT2D eigenvalue weighted by Crippen LogP contribution is -2.35. The molecule has 0 spiro atoms. The fourth-order valence-electron chi connectivity index (χ4n) is 3.86. The third-order valence-corrected chi connectivity index (χ3v) is 7.73. The van der Waals surface area contributed by atoms with Crippen LogP contribution in [0.15, 0.2) is 53.4 Å². The zero-order valence-corrected chi connectivity index (χ0v) is 18.5. The molecule has 0 bridgehead atoms. The Morgan fingerprint density at radius 3 is 2.07 bits per heavy atom. The molecule has 0 saturated heterocycles. The lowest BCUT2D eigenvalue weighted by molar-refractivity contribution is -0.164. The number of hydrogen-bond donors (Lipinski definition) is 0. The molecule has 0 amide bonds. The highest BCUT2D eigenvalue weighted by Gasteiger charge is 2.81. The van der Waals surface area contributed by atoms with Crippen LogP contribution in [-0.2, 0) is 28.9 Å². The molecular weight excluding hydrogens is 428 g/mol. The van der Waals surface area contributed by atoms with Crippen molar-refractivity contribution in [2.75, 3.05) is 13.2 Å². The first kappa shape index (κ1) is 22.3. The van der Waals surface area contributed by atoms with Gasteiger partial charge in [0.05, 0.1) is 18.1 Å². The number of esters is 2. The average Bonchev–Trinajstić information content (AvgIpc) is 3.41. The molecule has 0 radical (unpaired) electrons. The minimum atomic E-state index is -4.07. The van der Waals surface area contributed by atoms with Crippen molar-refractivity contribution in [3.8, 4) is 0 Å². The molecule has 1 saturated carbocycles. The van der Waals surface area contributed by atoms with Gasteiger partial charge in [-0.2, -0.15) is 0 Å². The monoisotopic (exact) mass is 450 g/mol. The smallest absolute Gasteiger partial charge is 0.325 e. The Morgan fingerprint density at radius 1 is 1.00 bits per heavy atom. The molecule has 6 nitrogen and oxygen atoms in total. The van der Waals surface area contributed by atoms with Crippen LogP contribution in [0.3, 0.4) is 0 Å². The fourth-order valence-corrected chi connectivity index (χ4v) is 6.35. The van der Waals surface area contributed by atoms with Crippen LogP contribution in [0.4, 0.5) is 0 Å². The van der Waals surface area contributed by atoms with Crippen LogP contribution in [0.1, 0.15) is 30.9 Å². The number of hydrogen-bond acceptors (Lipinski definition) is 6. The number of ether oxygens (including phenoxy) is 2. The SMILES string of the molecule is CCOC(=O)C1(C(=O)OCC)[C@H](c2cccc(Cl)c2)[C@@H]1S(=O)(=O)c1ccc(C)cc1. The van der Waals surface area contributed by atoms with E-state index in [9.17, 15) is 18.0 Å². The zero-order valence-electron chi connectivity index (χ0n) is 16.9. The maximum atomic E-state index is 13.6. The first-order valence-electron chi connectivity index (χ1n) is 9.61. The van der Waals surface area contributed by atoms with Crippen molar-refractivity contribution >= 4 is 33.4 Å². The number of carbonyl (C=O) groups excluding carboxylic acids is 2. The molecule has 30 heavy (non-hydrogen) atoms. The Kier molecular flexibility index (Phi) is 6.24. The molecule has 2 atom stereocenters. The number of rotatable bonds is 7. The van der Waals surface area contributed by atoms with Crippen LogP contribution in [-0.4, -0.2) is 38.8 Å². The molecule has 0 aliphatic heterocycles. The Morgan fingerprint density at radius 2 is 1.57 bits per heavy atom. The van der Waals surface area contributed by atoms with E-state index in [2.05, 4.69) is 0 Å². The van der Waals surface area contributed by atoms with Gasteiger partial charge in [-0.25, -0.2) is 8.42 Å². The highest BCUT2D eigenvalue weighted by atomic mass is 35.5. The van der Waals surface area contributed by atoms with Gasteiger partial charge in [0, 0.05) is 10.9 Å². The first-order chi connectivity index (χ1) is 14.2. The third-order valence-electron chi connectivity index (χ3n) is 5.25. The zero-order chi connectivity index (χ0) is 22.1. The van der Waals surface area contributed by atoms with E-state index in [-0.39, 0.29) is 18.1 Å². The molecular formula is C22H23ClO6S. The Bertz CT molecular complexity index is 1040. The van der Waals surface area contributed by atoms with Crippen LogP contribution in [0.5, 0.6) is 0 Å². The molecule has 8 heteroatoms. The summed E-state index contributed by atoms with van der Waals surface area (Å²) in [6, 6.07) is 12.8. The first-order valence-corrected chi connectivity index (χ1v) is 11.5. The van der Waals surface area contributed by atoms with Crippen molar-refractivity contribution < 1.29 is 27.5 Å². The van der Waals surface area contributed by atoms with Crippen molar-refractivity contribution in [1.82, 2.24) is 0 Å². The Hall–Kier alpha value is -2.38. The van der Waals surface area contributed by atoms with E-state index in [1.54, 1.807) is 50.2 Å². The van der Waals surface area contributed by atoms with Gasteiger partial charge in [0.15, 0.2) is 15.3 Å². The maximum Gasteiger partial charge on any atom is 0.325 e. The van der Waals surface area contributed by atoms with Gasteiger partial charge in [-0.15, -0.1) is 0 Å². The lowest BCUT2D eigenvalue weighted by atomic mass is 9.99. The molecule has 1 aliphatic rings. The number of halogens is 1. The molecule has 0 heterocycles. The second-order valence-electron chi connectivity index (χ2n) is 7.12. The predicted octanol–water partition coefficient (Wildman–Crippen LogP) is 3.70. The fraction of sp³-hybridized carbons (Fsp3) is 0.364. The molecule has 0 unspecified atom stereocenters. The number of aryl methyl sites for hydroxylation is 1. The molecule has 0 N–H and O–H groups in total. The Balaban J connectivity index is 2.21. The van der Waals surface area contributed by atoms with Gasteiger partial charge in [0.1, 0.15) is 5.25 Å². The van der Waals surface area contributed by atoms with Crippen LogP contribution < -0.4 is 0 Å². The normalized spacial score (nSPS) is 19.7. The summed E-state index contributed by atoms with van der Waals surface area (Å²) in [4.78, 5) is 26.1. The molecule has 2 aromatic carbocycles. The van der Waals surface area contributed by atoms with E-state index >= 15 is 0 Å². The summed E-state index contributed by atoms with van der Waals surface area (Å²) < 4.78 is 37.4. The minimum Gasteiger partial charge on any atom is -0.465 e. The van der Waals surface area contributed by atoms with Gasteiger partial charge in [-0.1, -0.05) is 41.4 Å².